The van der Waals surface area contributed by atoms with Crippen molar-refractivity contribution in [2.75, 3.05) is 33.2 Å². The van der Waals surface area contributed by atoms with Crippen LogP contribution in [0.15, 0.2) is 0 Å². The Bertz CT molecular complexity index is 307. The Labute approximate surface area is 130 Å². The maximum Gasteiger partial charge on any atom is 0.219 e. The van der Waals surface area contributed by atoms with E-state index in [4.69, 9.17) is 0 Å². The van der Waals surface area contributed by atoms with E-state index in [2.05, 4.69) is 17.3 Å². The molecule has 0 atom stereocenters. The summed E-state index contributed by atoms with van der Waals surface area (Å²) < 4.78 is 0. The monoisotopic (exact) mass is 299 g/mol. The first-order valence-corrected chi connectivity index (χ1v) is 7.70. The Morgan fingerprint density at radius 3 is 1.90 bits per heavy atom. The number of amides is 2. The van der Waals surface area contributed by atoms with E-state index in [0.29, 0.717) is 6.04 Å². The number of hydrogen-bond donors (Lipinski definition) is 1. The van der Waals surface area contributed by atoms with Gasteiger partial charge in [0, 0.05) is 46.1 Å². The van der Waals surface area contributed by atoms with Crippen LogP contribution < -0.4 is 5.32 Å². The molecule has 0 aromatic rings. The first kappa shape index (κ1) is 19.9. The minimum absolute atomic E-state index is 0. The Morgan fingerprint density at radius 2 is 1.48 bits per heavy atom. The van der Waals surface area contributed by atoms with Crippen molar-refractivity contribution in [3.8, 4) is 0 Å². The van der Waals surface area contributed by atoms with Crippen LogP contribution in [0, 0.1) is 0 Å². The summed E-state index contributed by atoms with van der Waals surface area (Å²) in [5, 5.41) is 2.94. The molecule has 2 aliphatic rings. The van der Waals surface area contributed by atoms with Gasteiger partial charge in [-0.1, -0.05) is 26.7 Å². The summed E-state index contributed by atoms with van der Waals surface area (Å²) in [6.45, 7) is 7.04. The van der Waals surface area contributed by atoms with Crippen LogP contribution >= 0.6 is 0 Å². The van der Waals surface area contributed by atoms with Crippen molar-refractivity contribution < 1.29 is 9.59 Å². The normalized spacial score (nSPS) is 19.9. The molecule has 1 saturated heterocycles. The fourth-order valence-corrected chi connectivity index (χ4v) is 2.66. The summed E-state index contributed by atoms with van der Waals surface area (Å²) in [5.41, 5.74) is 0. The van der Waals surface area contributed by atoms with Crippen molar-refractivity contribution in [3.05, 3.63) is 0 Å². The summed E-state index contributed by atoms with van der Waals surface area (Å²) in [7, 11) is 2.08. The fraction of sp³-hybridized carbons (Fsp3) is 0.875. The van der Waals surface area contributed by atoms with Crippen LogP contribution in [0.2, 0.25) is 0 Å². The zero-order valence-corrected chi connectivity index (χ0v) is 13.2. The number of carbonyl (C=O) groups is 2. The van der Waals surface area contributed by atoms with E-state index >= 15 is 0 Å². The second-order valence-corrected chi connectivity index (χ2v) is 5.84. The molecule has 0 spiro atoms. The lowest BCUT2D eigenvalue weighted by Gasteiger charge is -2.31. The van der Waals surface area contributed by atoms with Crippen LogP contribution in [0.5, 0.6) is 0 Å². The van der Waals surface area contributed by atoms with E-state index < -0.39 is 0 Å². The third-order valence-electron chi connectivity index (χ3n) is 3.96. The first-order valence-electron chi connectivity index (χ1n) is 7.70. The van der Waals surface area contributed by atoms with Crippen molar-refractivity contribution in [2.24, 2.45) is 0 Å². The number of likely N-dealkylation sites (N-methyl/N-ethyl adjacent to an activating group) is 1. The van der Waals surface area contributed by atoms with Crippen LogP contribution in [0.1, 0.15) is 53.4 Å². The number of rotatable bonds is 1. The van der Waals surface area contributed by atoms with E-state index in [-0.39, 0.29) is 19.2 Å². The predicted molar refractivity (Wildman–Crippen MR) is 87.2 cm³/mol. The molecule has 0 bridgehead atoms. The Kier molecular flexibility index (Phi) is 10.0. The molecule has 1 N–H and O–H groups in total. The lowest BCUT2D eigenvalue weighted by Crippen LogP contribution is -2.46. The lowest BCUT2D eigenvalue weighted by atomic mass is 9.95. The molecule has 0 radical (unpaired) electrons. The van der Waals surface area contributed by atoms with E-state index in [1.165, 1.54) is 32.1 Å². The molecule has 2 rings (SSSR count). The van der Waals surface area contributed by atoms with Gasteiger partial charge in [-0.25, -0.2) is 0 Å². The molecule has 1 heterocycles. The number of nitrogens with zero attached hydrogens (tertiary/aromatic N) is 2. The molecule has 1 aliphatic heterocycles. The quantitative estimate of drug-likeness (QED) is 0.804. The van der Waals surface area contributed by atoms with Gasteiger partial charge in [0.25, 0.3) is 0 Å². The van der Waals surface area contributed by atoms with Gasteiger partial charge in [0.05, 0.1) is 0 Å². The first-order chi connectivity index (χ1) is 9.49. The van der Waals surface area contributed by atoms with Gasteiger partial charge in [-0.3, -0.25) is 9.59 Å². The molecular formula is C16H33N3O2. The summed E-state index contributed by atoms with van der Waals surface area (Å²) in [5.74, 6) is 0.319. The molecule has 2 amide bonds. The third-order valence-corrected chi connectivity index (χ3v) is 3.96. The van der Waals surface area contributed by atoms with Crippen LogP contribution in [0.3, 0.4) is 0 Å². The number of carbonyl (C=O) groups excluding carboxylic acids is 2. The number of hydrogen-bond acceptors (Lipinski definition) is 3. The molecule has 1 aliphatic carbocycles. The minimum atomic E-state index is 0. The molecular weight excluding hydrogens is 266 g/mol. The Hall–Kier alpha value is -1.10. The smallest absolute Gasteiger partial charge is 0.219 e. The predicted octanol–water partition coefficient (Wildman–Crippen LogP) is 1.87. The summed E-state index contributed by atoms with van der Waals surface area (Å²) in [6.07, 6.45) is 6.27. The largest absolute Gasteiger partial charge is 0.354 e. The zero-order valence-electron chi connectivity index (χ0n) is 13.2. The van der Waals surface area contributed by atoms with E-state index in [1.807, 2.05) is 4.90 Å². The van der Waals surface area contributed by atoms with Crippen LogP contribution in [-0.4, -0.2) is 60.9 Å². The molecule has 2 fully saturated rings. The van der Waals surface area contributed by atoms with Crippen LogP contribution in [0.4, 0.5) is 0 Å². The van der Waals surface area contributed by atoms with E-state index in [1.54, 1.807) is 13.8 Å². The van der Waals surface area contributed by atoms with Gasteiger partial charge in [0.1, 0.15) is 0 Å². The highest BCUT2D eigenvalue weighted by atomic mass is 16.2. The molecule has 0 aromatic heterocycles. The molecule has 1 saturated carbocycles. The van der Waals surface area contributed by atoms with Gasteiger partial charge in [-0.2, -0.15) is 0 Å². The number of nitrogens with one attached hydrogen (secondary N) is 1. The summed E-state index contributed by atoms with van der Waals surface area (Å²) in [4.78, 5) is 25.5. The SMILES string of the molecule is C.CC(=O)N1CCN(C)CC1.CC(=O)NC1CCCCC1. The van der Waals surface area contributed by atoms with Gasteiger partial charge in [0.15, 0.2) is 0 Å². The molecule has 0 aromatic carbocycles. The van der Waals surface area contributed by atoms with E-state index in [0.717, 1.165) is 26.2 Å². The van der Waals surface area contributed by atoms with Gasteiger partial charge < -0.3 is 15.1 Å². The topological polar surface area (TPSA) is 52.7 Å². The minimum Gasteiger partial charge on any atom is -0.354 e. The highest BCUT2D eigenvalue weighted by molar-refractivity contribution is 5.73. The van der Waals surface area contributed by atoms with Gasteiger partial charge >= 0.3 is 0 Å². The highest BCUT2D eigenvalue weighted by Gasteiger charge is 2.14. The second-order valence-electron chi connectivity index (χ2n) is 5.84. The number of piperazine rings is 1. The van der Waals surface area contributed by atoms with Gasteiger partial charge in [-0.15, -0.1) is 0 Å². The van der Waals surface area contributed by atoms with Crippen molar-refractivity contribution in [2.45, 2.75) is 59.4 Å². The standard InChI is InChI=1S/C8H15NO.C7H14N2O.CH4/c1-7(10)9-8-5-3-2-4-6-8;1-7(10)9-5-3-8(2)4-6-9;/h8H,2-6H2,1H3,(H,9,10);3-6H2,1-2H3;1H4. The van der Waals surface area contributed by atoms with Crippen LogP contribution in [-0.2, 0) is 9.59 Å². The van der Waals surface area contributed by atoms with Crippen LogP contribution in [0.25, 0.3) is 0 Å². The summed E-state index contributed by atoms with van der Waals surface area (Å²) in [6, 6.07) is 0.478. The molecule has 0 unspecified atom stereocenters. The average Bonchev–Trinajstić information content (AvgIpc) is 2.40. The summed E-state index contributed by atoms with van der Waals surface area (Å²) >= 11 is 0. The molecule has 5 nitrogen and oxygen atoms in total. The van der Waals surface area contributed by atoms with Crippen molar-refractivity contribution >= 4 is 11.8 Å². The Morgan fingerprint density at radius 1 is 0.952 bits per heavy atom. The maximum absolute atomic E-state index is 10.8. The highest BCUT2D eigenvalue weighted by Crippen LogP contribution is 2.16. The molecule has 21 heavy (non-hydrogen) atoms. The van der Waals surface area contributed by atoms with Gasteiger partial charge in [-0.05, 0) is 19.9 Å². The van der Waals surface area contributed by atoms with Crippen molar-refractivity contribution in [1.29, 1.82) is 0 Å². The second kappa shape index (κ2) is 10.6. The zero-order chi connectivity index (χ0) is 15.0. The Balaban J connectivity index is 0.000000364. The average molecular weight is 299 g/mol. The van der Waals surface area contributed by atoms with E-state index in [9.17, 15) is 9.59 Å². The lowest BCUT2D eigenvalue weighted by molar-refractivity contribution is -0.130. The maximum atomic E-state index is 10.8. The molecule has 5 heteroatoms. The van der Waals surface area contributed by atoms with Crippen molar-refractivity contribution in [3.63, 3.8) is 0 Å². The fourth-order valence-electron chi connectivity index (χ4n) is 2.66. The third kappa shape index (κ3) is 8.71. The molecule has 124 valence electrons. The van der Waals surface area contributed by atoms with Gasteiger partial charge in [0.2, 0.25) is 11.8 Å². The van der Waals surface area contributed by atoms with Crippen molar-refractivity contribution in [1.82, 2.24) is 15.1 Å².